The van der Waals surface area contributed by atoms with E-state index in [0.717, 1.165) is 38.5 Å². The van der Waals surface area contributed by atoms with Crippen LogP contribution in [0.2, 0.25) is 0 Å². The summed E-state index contributed by atoms with van der Waals surface area (Å²) in [6.07, 6.45) is 7.38. The van der Waals surface area contributed by atoms with Crippen LogP contribution in [0.5, 0.6) is 0 Å². The van der Waals surface area contributed by atoms with Gasteiger partial charge in [0.15, 0.2) is 0 Å². The summed E-state index contributed by atoms with van der Waals surface area (Å²) < 4.78 is 0. The lowest BCUT2D eigenvalue weighted by molar-refractivity contribution is 0.194. The van der Waals surface area contributed by atoms with Crippen LogP contribution in [-0.4, -0.2) is 12.1 Å². The molecule has 2 aliphatic carbocycles. The molecule has 2 fully saturated rings. The lowest BCUT2D eigenvalue weighted by atomic mass is 9.68. The van der Waals surface area contributed by atoms with Gasteiger partial charge in [-0.2, -0.15) is 5.26 Å². The van der Waals surface area contributed by atoms with Crippen molar-refractivity contribution in [2.75, 3.05) is 0 Å². The summed E-state index contributed by atoms with van der Waals surface area (Å²) in [4.78, 5) is 0. The van der Waals surface area contributed by atoms with Gasteiger partial charge in [-0.25, -0.2) is 0 Å². The van der Waals surface area contributed by atoms with Gasteiger partial charge in [0.25, 0.3) is 0 Å². The number of nitrogens with zero attached hydrogens (tertiary/aromatic N) is 1. The molecular formula is C22H33N3. The summed E-state index contributed by atoms with van der Waals surface area (Å²) in [7, 11) is 0. The van der Waals surface area contributed by atoms with E-state index < -0.39 is 0 Å². The zero-order valence-electron chi connectivity index (χ0n) is 15.7. The van der Waals surface area contributed by atoms with E-state index in [0.29, 0.717) is 23.8 Å². The van der Waals surface area contributed by atoms with Crippen LogP contribution in [0.4, 0.5) is 0 Å². The van der Waals surface area contributed by atoms with Crippen molar-refractivity contribution in [3.8, 4) is 6.07 Å². The molecule has 4 N–H and O–H groups in total. The summed E-state index contributed by atoms with van der Waals surface area (Å²) in [6, 6.07) is 12.1. The van der Waals surface area contributed by atoms with Gasteiger partial charge in [-0.15, -0.1) is 0 Å². The van der Waals surface area contributed by atoms with Crippen molar-refractivity contribution in [1.29, 1.82) is 5.26 Å². The minimum absolute atomic E-state index is 0.156. The van der Waals surface area contributed by atoms with Crippen molar-refractivity contribution in [2.45, 2.75) is 76.8 Å². The minimum atomic E-state index is -0.258. The number of rotatable bonds is 3. The van der Waals surface area contributed by atoms with Gasteiger partial charge >= 0.3 is 0 Å². The van der Waals surface area contributed by atoms with E-state index >= 15 is 0 Å². The Bertz CT molecular complexity index is 624. The molecule has 25 heavy (non-hydrogen) atoms. The fraction of sp³-hybridized carbons (Fsp3) is 0.682. The SMILES string of the molecule is C[C@H]1C[C@H](N)C[C@@H](c2cccc(C[C@H]3C[C@@H](N)C[C@](C)(C#N)C3)c2)C1. The number of hydrogen-bond donors (Lipinski definition) is 2. The predicted octanol–water partition coefficient (Wildman–Crippen LogP) is 4.12. The van der Waals surface area contributed by atoms with E-state index in [4.69, 9.17) is 11.5 Å². The Balaban J connectivity index is 1.70. The number of nitriles is 1. The molecule has 0 radical (unpaired) electrons. The summed E-state index contributed by atoms with van der Waals surface area (Å²) in [5, 5.41) is 9.50. The molecule has 3 rings (SSSR count). The Morgan fingerprint density at radius 3 is 2.64 bits per heavy atom. The first kappa shape index (κ1) is 18.4. The maximum atomic E-state index is 9.50. The van der Waals surface area contributed by atoms with Crippen molar-refractivity contribution in [2.24, 2.45) is 28.7 Å². The fourth-order valence-corrected chi connectivity index (χ4v) is 5.38. The van der Waals surface area contributed by atoms with Crippen LogP contribution in [0, 0.1) is 28.6 Å². The van der Waals surface area contributed by atoms with Crippen molar-refractivity contribution >= 4 is 0 Å². The van der Waals surface area contributed by atoms with Gasteiger partial charge in [0.1, 0.15) is 0 Å². The van der Waals surface area contributed by atoms with E-state index in [2.05, 4.69) is 44.2 Å². The van der Waals surface area contributed by atoms with Crippen molar-refractivity contribution < 1.29 is 0 Å². The highest BCUT2D eigenvalue weighted by Crippen LogP contribution is 2.40. The summed E-state index contributed by atoms with van der Waals surface area (Å²) >= 11 is 0. The van der Waals surface area contributed by atoms with Gasteiger partial charge in [-0.05, 0) is 80.8 Å². The molecular weight excluding hydrogens is 306 g/mol. The molecule has 0 saturated heterocycles. The van der Waals surface area contributed by atoms with E-state index in [1.165, 1.54) is 17.5 Å². The van der Waals surface area contributed by atoms with Crippen LogP contribution >= 0.6 is 0 Å². The molecule has 0 bridgehead atoms. The third-order valence-corrected chi connectivity index (χ3v) is 6.28. The molecule has 0 aliphatic heterocycles. The molecule has 1 aromatic carbocycles. The third-order valence-electron chi connectivity index (χ3n) is 6.28. The second kappa shape index (κ2) is 7.48. The molecule has 0 unspecified atom stereocenters. The first-order chi connectivity index (χ1) is 11.9. The van der Waals surface area contributed by atoms with Gasteiger partial charge in [0.05, 0.1) is 11.5 Å². The van der Waals surface area contributed by atoms with E-state index in [-0.39, 0.29) is 11.5 Å². The summed E-state index contributed by atoms with van der Waals surface area (Å²) in [5.41, 5.74) is 15.1. The smallest absolute Gasteiger partial charge is 0.0687 e. The molecule has 3 nitrogen and oxygen atoms in total. The number of benzene rings is 1. The average molecular weight is 340 g/mol. The van der Waals surface area contributed by atoms with Gasteiger partial charge in [-0.3, -0.25) is 0 Å². The Labute approximate surface area is 152 Å². The van der Waals surface area contributed by atoms with Crippen LogP contribution in [-0.2, 0) is 6.42 Å². The zero-order chi connectivity index (χ0) is 18.0. The largest absolute Gasteiger partial charge is 0.328 e. The molecule has 136 valence electrons. The molecule has 3 heteroatoms. The monoisotopic (exact) mass is 339 g/mol. The highest BCUT2D eigenvalue weighted by molar-refractivity contribution is 5.28. The number of nitrogens with two attached hydrogens (primary N) is 2. The normalized spacial score (nSPS) is 38.9. The standard InChI is InChI=1S/C22H33N3/c1-15-6-19(11-20(24)7-15)18-5-3-4-16(9-18)8-17-10-21(25)13-22(2,12-17)14-23/h3-5,9,15,17,19-21H,6-8,10-13,24-25H2,1-2H3/t15-,17+,19+,20+,21-,22-/m1/s1. The fourth-order valence-electron chi connectivity index (χ4n) is 5.38. The maximum Gasteiger partial charge on any atom is 0.0687 e. The van der Waals surface area contributed by atoms with Gasteiger partial charge in [0.2, 0.25) is 0 Å². The molecule has 2 aliphatic rings. The highest BCUT2D eigenvalue weighted by Gasteiger charge is 2.36. The minimum Gasteiger partial charge on any atom is -0.328 e. The van der Waals surface area contributed by atoms with E-state index in [1.807, 2.05) is 0 Å². The second-order valence-corrected chi connectivity index (χ2v) is 9.16. The molecule has 1 aromatic rings. The molecule has 0 heterocycles. The lowest BCUT2D eigenvalue weighted by Gasteiger charge is -2.37. The van der Waals surface area contributed by atoms with Crippen LogP contribution in [0.1, 0.15) is 69.4 Å². The van der Waals surface area contributed by atoms with Crippen LogP contribution < -0.4 is 11.5 Å². The lowest BCUT2D eigenvalue weighted by Crippen LogP contribution is -2.38. The Hall–Kier alpha value is -1.37. The van der Waals surface area contributed by atoms with Gasteiger partial charge < -0.3 is 11.5 Å². The predicted molar refractivity (Wildman–Crippen MR) is 103 cm³/mol. The van der Waals surface area contributed by atoms with Crippen molar-refractivity contribution in [3.05, 3.63) is 35.4 Å². The van der Waals surface area contributed by atoms with E-state index in [1.54, 1.807) is 0 Å². The van der Waals surface area contributed by atoms with Crippen LogP contribution in [0.15, 0.2) is 24.3 Å². The summed E-state index contributed by atoms with van der Waals surface area (Å²) in [6.45, 7) is 4.39. The van der Waals surface area contributed by atoms with Crippen molar-refractivity contribution in [1.82, 2.24) is 0 Å². The van der Waals surface area contributed by atoms with Gasteiger partial charge in [-0.1, -0.05) is 31.2 Å². The van der Waals surface area contributed by atoms with Crippen LogP contribution in [0.3, 0.4) is 0 Å². The molecule has 0 aromatic heterocycles. The van der Waals surface area contributed by atoms with E-state index in [9.17, 15) is 5.26 Å². The topological polar surface area (TPSA) is 75.8 Å². The Morgan fingerprint density at radius 2 is 1.92 bits per heavy atom. The molecule has 0 amide bonds. The second-order valence-electron chi connectivity index (χ2n) is 9.16. The summed E-state index contributed by atoms with van der Waals surface area (Å²) in [5.74, 6) is 1.82. The van der Waals surface area contributed by atoms with Crippen molar-refractivity contribution in [3.63, 3.8) is 0 Å². The number of hydrogen-bond acceptors (Lipinski definition) is 3. The zero-order valence-corrected chi connectivity index (χ0v) is 15.7. The first-order valence-electron chi connectivity index (χ1n) is 9.88. The Kier molecular flexibility index (Phi) is 5.51. The highest BCUT2D eigenvalue weighted by atomic mass is 14.7. The third kappa shape index (κ3) is 4.63. The van der Waals surface area contributed by atoms with Crippen LogP contribution in [0.25, 0.3) is 0 Å². The molecule has 0 spiro atoms. The van der Waals surface area contributed by atoms with Gasteiger partial charge in [0, 0.05) is 12.1 Å². The first-order valence-corrected chi connectivity index (χ1v) is 9.88. The maximum absolute atomic E-state index is 9.50. The molecule has 2 saturated carbocycles. The quantitative estimate of drug-likeness (QED) is 0.870. The molecule has 6 atom stereocenters. The Morgan fingerprint density at radius 1 is 1.12 bits per heavy atom. The average Bonchev–Trinajstić information content (AvgIpc) is 2.53.